The van der Waals surface area contributed by atoms with Crippen LogP contribution >= 0.6 is 8.81 Å². The largest absolute Gasteiger partial charge is 0.473 e. The molecular formula is C14H15FNO2P. The van der Waals surface area contributed by atoms with Gasteiger partial charge in [0.25, 0.3) is 0 Å². The maximum Gasteiger partial charge on any atom is 0.213 e. The van der Waals surface area contributed by atoms with Crippen LogP contribution in [0.3, 0.4) is 0 Å². The molecule has 0 spiro atoms. The molecule has 1 aromatic carbocycles. The Kier molecular flexibility index (Phi) is 5.25. The summed E-state index contributed by atoms with van der Waals surface area (Å²) in [6.07, 6.45) is 3.33. The van der Waals surface area contributed by atoms with E-state index in [1.807, 2.05) is 6.07 Å². The summed E-state index contributed by atoms with van der Waals surface area (Å²) in [4.78, 5) is 13.0. The van der Waals surface area contributed by atoms with Gasteiger partial charge in [0.1, 0.15) is 12.4 Å². The molecule has 0 aliphatic heterocycles. The molecule has 1 aromatic heterocycles. The Bertz CT molecular complexity index is 502. The van der Waals surface area contributed by atoms with Gasteiger partial charge in [-0.3, -0.25) is 0 Å². The maximum absolute atomic E-state index is 12.7. The van der Waals surface area contributed by atoms with Crippen molar-refractivity contribution in [2.45, 2.75) is 13.0 Å². The molecule has 1 heterocycles. The first-order valence-corrected chi connectivity index (χ1v) is 7.12. The number of rotatable bonds is 6. The molecule has 0 bridgehead atoms. The van der Waals surface area contributed by atoms with E-state index in [1.54, 1.807) is 24.4 Å². The van der Waals surface area contributed by atoms with Crippen molar-refractivity contribution in [3.63, 3.8) is 0 Å². The van der Waals surface area contributed by atoms with E-state index in [-0.39, 0.29) is 14.6 Å². The zero-order valence-corrected chi connectivity index (χ0v) is 11.3. The van der Waals surface area contributed by atoms with E-state index >= 15 is 0 Å². The Hall–Kier alpha value is -1.51. The van der Waals surface area contributed by atoms with E-state index in [1.165, 1.54) is 12.1 Å². The number of nitrogens with zero attached hydrogens (tertiary/aromatic N) is 1. The van der Waals surface area contributed by atoms with Crippen LogP contribution in [0, 0.1) is 5.82 Å². The van der Waals surface area contributed by atoms with Gasteiger partial charge in [-0.1, -0.05) is 18.2 Å². The summed E-state index contributed by atoms with van der Waals surface area (Å²) in [7, 11) is -0.0288. The Morgan fingerprint density at radius 1 is 1.11 bits per heavy atom. The Morgan fingerprint density at radius 3 is 2.47 bits per heavy atom. The number of aromatic nitrogens is 1. The lowest BCUT2D eigenvalue weighted by Crippen LogP contribution is -1.98. The summed E-state index contributed by atoms with van der Waals surface area (Å²) in [6, 6.07) is 9.93. The van der Waals surface area contributed by atoms with Crippen LogP contribution in [0.2, 0.25) is 0 Å². The molecule has 19 heavy (non-hydrogen) atoms. The van der Waals surface area contributed by atoms with Gasteiger partial charge in [0, 0.05) is 21.1 Å². The standard InChI is InChI=1S/C14H15FNO2P/c15-13-4-1-12(2-5-13)10-18-14-6-3-11(9-16-14)7-8-19-17/h1-6,9,17,19H,7-8,10H2. The molecular weight excluding hydrogens is 264 g/mol. The van der Waals surface area contributed by atoms with E-state index in [4.69, 9.17) is 9.63 Å². The molecule has 0 fully saturated rings. The first kappa shape index (κ1) is 13.9. The second-order valence-corrected chi connectivity index (χ2v) is 4.89. The van der Waals surface area contributed by atoms with Gasteiger partial charge in [-0.25, -0.2) is 9.37 Å². The highest BCUT2D eigenvalue weighted by molar-refractivity contribution is 7.31. The van der Waals surface area contributed by atoms with Gasteiger partial charge >= 0.3 is 0 Å². The minimum absolute atomic E-state index is 0.0288. The molecule has 5 heteroatoms. The van der Waals surface area contributed by atoms with E-state index < -0.39 is 0 Å². The van der Waals surface area contributed by atoms with Gasteiger partial charge in [0.05, 0.1) is 0 Å². The molecule has 0 saturated heterocycles. The molecule has 1 unspecified atom stereocenters. The molecule has 100 valence electrons. The Morgan fingerprint density at radius 2 is 1.84 bits per heavy atom. The van der Waals surface area contributed by atoms with E-state index in [2.05, 4.69) is 4.98 Å². The van der Waals surface area contributed by atoms with Gasteiger partial charge in [0.15, 0.2) is 0 Å². The fraction of sp³-hybridized carbons (Fsp3) is 0.214. The average molecular weight is 279 g/mol. The van der Waals surface area contributed by atoms with Crippen LogP contribution < -0.4 is 4.74 Å². The summed E-state index contributed by atoms with van der Waals surface area (Å²) in [5.74, 6) is 0.287. The summed E-state index contributed by atoms with van der Waals surface area (Å²) in [5, 5.41) is 0. The number of pyridine rings is 1. The smallest absolute Gasteiger partial charge is 0.213 e. The van der Waals surface area contributed by atoms with Crippen molar-refractivity contribution in [3.8, 4) is 5.88 Å². The first-order valence-electron chi connectivity index (χ1n) is 5.97. The minimum atomic E-state index is -0.254. The van der Waals surface area contributed by atoms with Crippen molar-refractivity contribution in [2.24, 2.45) is 0 Å². The van der Waals surface area contributed by atoms with Crippen LogP contribution in [-0.4, -0.2) is 16.0 Å². The molecule has 0 aliphatic rings. The molecule has 0 radical (unpaired) electrons. The number of hydrogen-bond donors (Lipinski definition) is 1. The van der Waals surface area contributed by atoms with Crippen LogP contribution in [-0.2, 0) is 13.0 Å². The third-order valence-corrected chi connectivity index (χ3v) is 3.10. The van der Waals surface area contributed by atoms with Crippen molar-refractivity contribution >= 4 is 8.81 Å². The predicted octanol–water partition coefficient (Wildman–Crippen LogP) is 2.93. The van der Waals surface area contributed by atoms with Gasteiger partial charge < -0.3 is 9.63 Å². The summed E-state index contributed by atoms with van der Waals surface area (Å²) in [5.41, 5.74) is 1.98. The van der Waals surface area contributed by atoms with E-state index in [9.17, 15) is 4.39 Å². The van der Waals surface area contributed by atoms with Crippen molar-refractivity contribution < 1.29 is 14.0 Å². The van der Waals surface area contributed by atoms with Crippen LogP contribution in [0.15, 0.2) is 42.6 Å². The average Bonchev–Trinajstić information content (AvgIpc) is 2.46. The quantitative estimate of drug-likeness (QED) is 0.827. The lowest BCUT2D eigenvalue weighted by molar-refractivity contribution is 0.293. The fourth-order valence-corrected chi connectivity index (χ4v) is 1.98. The number of aryl methyl sites for hydroxylation is 1. The van der Waals surface area contributed by atoms with Gasteiger partial charge in [-0.05, 0) is 35.8 Å². The van der Waals surface area contributed by atoms with Gasteiger partial charge in [-0.15, -0.1) is 0 Å². The number of benzene rings is 1. The Labute approximate surface area is 113 Å². The normalized spacial score (nSPS) is 11.1. The van der Waals surface area contributed by atoms with Crippen molar-refractivity contribution in [1.82, 2.24) is 4.98 Å². The molecule has 0 saturated carbocycles. The van der Waals surface area contributed by atoms with Crippen molar-refractivity contribution in [1.29, 1.82) is 0 Å². The lowest BCUT2D eigenvalue weighted by Gasteiger charge is -2.06. The zero-order chi connectivity index (χ0) is 13.5. The third kappa shape index (κ3) is 4.58. The second kappa shape index (κ2) is 7.17. The SMILES string of the molecule is OPCCc1ccc(OCc2ccc(F)cc2)nc1. The molecule has 0 aliphatic carbocycles. The highest BCUT2D eigenvalue weighted by Gasteiger charge is 1.99. The van der Waals surface area contributed by atoms with Gasteiger partial charge in [0.2, 0.25) is 5.88 Å². The molecule has 3 nitrogen and oxygen atoms in total. The number of ether oxygens (including phenoxy) is 1. The Balaban J connectivity index is 1.87. The second-order valence-electron chi connectivity index (χ2n) is 4.08. The van der Waals surface area contributed by atoms with Crippen molar-refractivity contribution in [3.05, 3.63) is 59.5 Å². The number of hydrogen-bond acceptors (Lipinski definition) is 3. The lowest BCUT2D eigenvalue weighted by atomic mass is 10.2. The predicted molar refractivity (Wildman–Crippen MR) is 74.1 cm³/mol. The van der Waals surface area contributed by atoms with Crippen LogP contribution in [0.4, 0.5) is 4.39 Å². The zero-order valence-electron chi connectivity index (χ0n) is 10.3. The highest BCUT2D eigenvalue weighted by Crippen LogP contribution is 2.13. The van der Waals surface area contributed by atoms with Crippen LogP contribution in [0.5, 0.6) is 5.88 Å². The van der Waals surface area contributed by atoms with Crippen molar-refractivity contribution in [2.75, 3.05) is 6.16 Å². The monoisotopic (exact) mass is 279 g/mol. The first-order chi connectivity index (χ1) is 9.28. The fourth-order valence-electron chi connectivity index (χ4n) is 1.58. The maximum atomic E-state index is 12.7. The molecule has 2 aromatic rings. The van der Waals surface area contributed by atoms with Crippen LogP contribution in [0.1, 0.15) is 11.1 Å². The highest BCUT2D eigenvalue weighted by atomic mass is 31.1. The van der Waals surface area contributed by atoms with Gasteiger partial charge in [-0.2, -0.15) is 0 Å². The molecule has 1 atom stereocenters. The van der Waals surface area contributed by atoms with Crippen LogP contribution in [0.25, 0.3) is 0 Å². The summed E-state index contributed by atoms with van der Waals surface area (Å²) in [6.45, 7) is 0.366. The summed E-state index contributed by atoms with van der Waals surface area (Å²) < 4.78 is 18.2. The topological polar surface area (TPSA) is 42.4 Å². The summed E-state index contributed by atoms with van der Waals surface area (Å²) >= 11 is 0. The minimum Gasteiger partial charge on any atom is -0.473 e. The van der Waals surface area contributed by atoms with E-state index in [0.717, 1.165) is 23.7 Å². The molecule has 2 rings (SSSR count). The van der Waals surface area contributed by atoms with E-state index in [0.29, 0.717) is 12.5 Å². The molecule has 1 N–H and O–H groups in total. The third-order valence-electron chi connectivity index (χ3n) is 2.62. The molecule has 0 amide bonds. The number of halogens is 1.